The van der Waals surface area contributed by atoms with Crippen molar-refractivity contribution in [3.05, 3.63) is 30.1 Å². The van der Waals surface area contributed by atoms with Gasteiger partial charge in [0.1, 0.15) is 5.82 Å². The van der Waals surface area contributed by atoms with Gasteiger partial charge in [0.15, 0.2) is 0 Å². The Morgan fingerprint density at radius 1 is 1.35 bits per heavy atom. The van der Waals surface area contributed by atoms with Gasteiger partial charge in [-0.2, -0.15) is 0 Å². The molecule has 2 unspecified atom stereocenters. The fraction of sp³-hybridized carbons (Fsp3) is 0.533. The van der Waals surface area contributed by atoms with Crippen LogP contribution in [0.4, 0.5) is 4.39 Å². The van der Waals surface area contributed by atoms with Gasteiger partial charge >= 0.3 is 0 Å². The monoisotopic (exact) mass is 297 g/mol. The van der Waals surface area contributed by atoms with Gasteiger partial charge in [-0.1, -0.05) is 12.1 Å². The number of carbonyl (C=O) groups is 1. The molecule has 1 heterocycles. The lowest BCUT2D eigenvalue weighted by atomic mass is 10.2. The molecule has 0 aromatic heterocycles. The molecule has 1 aromatic rings. The second-order valence-electron chi connectivity index (χ2n) is 5.08. The van der Waals surface area contributed by atoms with E-state index in [2.05, 4.69) is 0 Å². The van der Waals surface area contributed by atoms with Crippen molar-refractivity contribution < 1.29 is 13.9 Å². The number of rotatable bonds is 4. The van der Waals surface area contributed by atoms with Crippen LogP contribution in [0.5, 0.6) is 0 Å². The molecule has 1 aliphatic rings. The van der Waals surface area contributed by atoms with Crippen molar-refractivity contribution in [2.24, 2.45) is 0 Å². The molecule has 1 aromatic carbocycles. The Bertz CT molecular complexity index is 459. The summed E-state index contributed by atoms with van der Waals surface area (Å²) in [4.78, 5) is 14.6. The molecule has 1 aliphatic heterocycles. The second-order valence-corrected chi connectivity index (χ2v) is 6.22. The average molecular weight is 297 g/mol. The van der Waals surface area contributed by atoms with Crippen LogP contribution in [0.2, 0.25) is 0 Å². The summed E-state index contributed by atoms with van der Waals surface area (Å²) in [6, 6.07) is 6.65. The van der Waals surface area contributed by atoms with E-state index in [1.54, 1.807) is 18.2 Å². The van der Waals surface area contributed by atoms with Crippen LogP contribution in [0.1, 0.15) is 20.3 Å². The van der Waals surface area contributed by atoms with Crippen LogP contribution in [0.3, 0.4) is 0 Å². The summed E-state index contributed by atoms with van der Waals surface area (Å²) in [5.41, 5.74) is 0. The van der Waals surface area contributed by atoms with Crippen molar-refractivity contribution in [2.45, 2.75) is 37.4 Å². The zero-order chi connectivity index (χ0) is 14.5. The van der Waals surface area contributed by atoms with Gasteiger partial charge in [-0.3, -0.25) is 4.79 Å². The average Bonchev–Trinajstić information content (AvgIpc) is 2.39. The molecule has 0 spiro atoms. The van der Waals surface area contributed by atoms with Gasteiger partial charge in [-0.15, -0.1) is 11.8 Å². The topological polar surface area (TPSA) is 29.5 Å². The van der Waals surface area contributed by atoms with E-state index in [1.807, 2.05) is 18.7 Å². The van der Waals surface area contributed by atoms with Crippen LogP contribution in [0.25, 0.3) is 0 Å². The van der Waals surface area contributed by atoms with E-state index < -0.39 is 0 Å². The number of thioether (sulfide) groups is 1. The zero-order valence-electron chi connectivity index (χ0n) is 11.8. The summed E-state index contributed by atoms with van der Waals surface area (Å²) in [5.74, 6) is 0.495. The van der Waals surface area contributed by atoms with Crippen molar-refractivity contribution in [1.82, 2.24) is 4.90 Å². The molecule has 0 N–H and O–H groups in total. The number of hydrogen-bond acceptors (Lipinski definition) is 3. The Morgan fingerprint density at radius 2 is 2.00 bits per heavy atom. The smallest absolute Gasteiger partial charge is 0.223 e. The van der Waals surface area contributed by atoms with Crippen LogP contribution in [-0.4, -0.2) is 41.9 Å². The van der Waals surface area contributed by atoms with E-state index >= 15 is 0 Å². The van der Waals surface area contributed by atoms with Crippen molar-refractivity contribution in [2.75, 3.05) is 18.8 Å². The Labute approximate surface area is 123 Å². The molecule has 0 radical (unpaired) electrons. The Hall–Kier alpha value is -1.07. The largest absolute Gasteiger partial charge is 0.372 e. The predicted octanol–water partition coefficient (Wildman–Crippen LogP) is 2.94. The SMILES string of the molecule is CC1CN(C(=O)CCSc2ccccc2F)CC(C)O1. The molecule has 0 bridgehead atoms. The first-order valence-electron chi connectivity index (χ1n) is 6.87. The molecule has 2 rings (SSSR count). The molecular formula is C15H20FNO2S. The minimum absolute atomic E-state index is 0.0851. The standard InChI is InChI=1S/C15H20FNO2S/c1-11-9-17(10-12(2)19-11)15(18)7-8-20-14-6-4-3-5-13(14)16/h3-6,11-12H,7-10H2,1-2H3. The lowest BCUT2D eigenvalue weighted by Gasteiger charge is -2.35. The van der Waals surface area contributed by atoms with Gasteiger partial charge in [0, 0.05) is 30.2 Å². The van der Waals surface area contributed by atoms with Crippen LogP contribution >= 0.6 is 11.8 Å². The Morgan fingerprint density at radius 3 is 2.65 bits per heavy atom. The molecule has 20 heavy (non-hydrogen) atoms. The summed E-state index contributed by atoms with van der Waals surface area (Å²) in [7, 11) is 0. The molecule has 1 fully saturated rings. The van der Waals surface area contributed by atoms with Crippen LogP contribution in [-0.2, 0) is 9.53 Å². The molecule has 5 heteroatoms. The lowest BCUT2D eigenvalue weighted by molar-refractivity contribution is -0.142. The fourth-order valence-electron chi connectivity index (χ4n) is 2.35. The number of amides is 1. The quantitative estimate of drug-likeness (QED) is 0.800. The molecule has 1 amide bonds. The van der Waals surface area contributed by atoms with Crippen molar-refractivity contribution in [3.8, 4) is 0 Å². The number of carbonyl (C=O) groups excluding carboxylic acids is 1. The summed E-state index contributed by atoms with van der Waals surface area (Å²) in [6.07, 6.45) is 0.599. The molecule has 2 atom stereocenters. The van der Waals surface area contributed by atoms with E-state index in [0.717, 1.165) is 0 Å². The van der Waals surface area contributed by atoms with Crippen molar-refractivity contribution in [3.63, 3.8) is 0 Å². The first-order valence-corrected chi connectivity index (χ1v) is 7.85. The molecule has 0 saturated carbocycles. The van der Waals surface area contributed by atoms with Gasteiger partial charge in [-0.25, -0.2) is 4.39 Å². The number of nitrogens with zero attached hydrogens (tertiary/aromatic N) is 1. The summed E-state index contributed by atoms with van der Waals surface area (Å²) in [5, 5.41) is 0. The van der Waals surface area contributed by atoms with Gasteiger partial charge in [0.2, 0.25) is 5.91 Å². The number of benzene rings is 1. The van der Waals surface area contributed by atoms with E-state index in [4.69, 9.17) is 4.74 Å². The zero-order valence-corrected chi connectivity index (χ0v) is 12.7. The highest BCUT2D eigenvalue weighted by atomic mass is 32.2. The minimum Gasteiger partial charge on any atom is -0.372 e. The minimum atomic E-state index is -0.224. The highest BCUT2D eigenvalue weighted by Crippen LogP contribution is 2.22. The molecule has 1 saturated heterocycles. The maximum atomic E-state index is 13.4. The third-order valence-corrected chi connectivity index (χ3v) is 4.23. The van der Waals surface area contributed by atoms with E-state index in [-0.39, 0.29) is 23.9 Å². The van der Waals surface area contributed by atoms with Crippen molar-refractivity contribution >= 4 is 17.7 Å². The maximum Gasteiger partial charge on any atom is 0.223 e. The number of hydrogen-bond donors (Lipinski definition) is 0. The third-order valence-electron chi connectivity index (χ3n) is 3.18. The lowest BCUT2D eigenvalue weighted by Crippen LogP contribution is -2.48. The van der Waals surface area contributed by atoms with Crippen LogP contribution in [0, 0.1) is 5.82 Å². The van der Waals surface area contributed by atoms with Crippen molar-refractivity contribution in [1.29, 1.82) is 0 Å². The van der Waals surface area contributed by atoms with E-state index in [0.29, 0.717) is 30.2 Å². The summed E-state index contributed by atoms with van der Waals surface area (Å²) in [6.45, 7) is 5.25. The highest BCUT2D eigenvalue weighted by Gasteiger charge is 2.25. The van der Waals surface area contributed by atoms with Gasteiger partial charge in [0.25, 0.3) is 0 Å². The van der Waals surface area contributed by atoms with Gasteiger partial charge < -0.3 is 9.64 Å². The van der Waals surface area contributed by atoms with Crippen LogP contribution < -0.4 is 0 Å². The molecule has 3 nitrogen and oxygen atoms in total. The Kier molecular flexibility index (Phi) is 5.43. The maximum absolute atomic E-state index is 13.4. The van der Waals surface area contributed by atoms with Gasteiger partial charge in [-0.05, 0) is 26.0 Å². The summed E-state index contributed by atoms with van der Waals surface area (Å²) < 4.78 is 19.0. The molecule has 0 aliphatic carbocycles. The normalized spacial score (nSPS) is 22.9. The number of halogens is 1. The summed E-state index contributed by atoms with van der Waals surface area (Å²) >= 11 is 1.39. The molecule has 110 valence electrons. The van der Waals surface area contributed by atoms with E-state index in [9.17, 15) is 9.18 Å². The first kappa shape index (κ1) is 15.3. The Balaban J connectivity index is 1.79. The predicted molar refractivity (Wildman–Crippen MR) is 78.3 cm³/mol. The third kappa shape index (κ3) is 4.21. The highest BCUT2D eigenvalue weighted by molar-refractivity contribution is 7.99. The number of morpholine rings is 1. The van der Waals surface area contributed by atoms with Gasteiger partial charge in [0.05, 0.1) is 12.2 Å². The van der Waals surface area contributed by atoms with Crippen LogP contribution in [0.15, 0.2) is 29.2 Å². The second kappa shape index (κ2) is 7.09. The van der Waals surface area contributed by atoms with E-state index in [1.165, 1.54) is 17.8 Å². The first-order chi connectivity index (χ1) is 9.56. The fourth-order valence-corrected chi connectivity index (χ4v) is 3.23. The molecular weight excluding hydrogens is 277 g/mol. The number of ether oxygens (including phenoxy) is 1.